The fourth-order valence-electron chi connectivity index (χ4n) is 2.03. The number of nitrogens with one attached hydrogen (secondary N) is 1. The number of aromatic nitrogens is 2. The van der Waals surface area contributed by atoms with Crippen molar-refractivity contribution in [2.75, 3.05) is 5.32 Å². The fourth-order valence-corrected chi connectivity index (χ4v) is 2.22. The average Bonchev–Trinajstić information content (AvgIpc) is 3.05. The summed E-state index contributed by atoms with van der Waals surface area (Å²) in [6.45, 7) is 3.49. The first-order valence-electron chi connectivity index (χ1n) is 6.51. The topological polar surface area (TPSA) is 81.2 Å². The summed E-state index contributed by atoms with van der Waals surface area (Å²) in [5, 5.41) is 10.8. The van der Waals surface area contributed by atoms with Gasteiger partial charge in [-0.2, -0.15) is 0 Å². The highest BCUT2D eigenvalue weighted by atomic mass is 35.5. The standard InChI is InChI=1S/C15H12ClN3O3/c1-8-6-12(9(2)21-8)13(20)17-15-19-18-14(22-15)10-4-3-5-11(16)7-10/h3-7H,1-2H3,(H,17,19,20). The van der Waals surface area contributed by atoms with Crippen molar-refractivity contribution < 1.29 is 13.6 Å². The maximum Gasteiger partial charge on any atom is 0.322 e. The zero-order chi connectivity index (χ0) is 15.7. The van der Waals surface area contributed by atoms with Gasteiger partial charge in [-0.3, -0.25) is 10.1 Å². The number of hydrogen-bond donors (Lipinski definition) is 1. The highest BCUT2D eigenvalue weighted by Crippen LogP contribution is 2.23. The summed E-state index contributed by atoms with van der Waals surface area (Å²) in [5.41, 5.74) is 1.11. The molecule has 1 amide bonds. The second-order valence-corrected chi connectivity index (χ2v) is 5.14. The first kappa shape index (κ1) is 14.3. The summed E-state index contributed by atoms with van der Waals surface area (Å²) >= 11 is 5.92. The van der Waals surface area contributed by atoms with Crippen LogP contribution in [0.1, 0.15) is 21.9 Å². The molecular weight excluding hydrogens is 306 g/mol. The summed E-state index contributed by atoms with van der Waals surface area (Å²) in [5.74, 6) is 1.10. The van der Waals surface area contributed by atoms with Crippen molar-refractivity contribution in [3.05, 3.63) is 52.4 Å². The molecule has 3 rings (SSSR count). The number of amides is 1. The zero-order valence-corrected chi connectivity index (χ0v) is 12.6. The van der Waals surface area contributed by atoms with Crippen LogP contribution < -0.4 is 5.32 Å². The molecule has 0 spiro atoms. The van der Waals surface area contributed by atoms with Gasteiger partial charge < -0.3 is 8.83 Å². The Kier molecular flexibility index (Phi) is 3.68. The van der Waals surface area contributed by atoms with E-state index in [4.69, 9.17) is 20.4 Å². The molecule has 2 heterocycles. The van der Waals surface area contributed by atoms with Gasteiger partial charge in [-0.15, -0.1) is 5.10 Å². The highest BCUT2D eigenvalue weighted by molar-refractivity contribution is 6.30. The van der Waals surface area contributed by atoms with E-state index in [0.717, 1.165) is 0 Å². The summed E-state index contributed by atoms with van der Waals surface area (Å²) < 4.78 is 10.7. The molecule has 2 aromatic heterocycles. The van der Waals surface area contributed by atoms with Crippen molar-refractivity contribution in [3.8, 4) is 11.5 Å². The van der Waals surface area contributed by atoms with E-state index in [1.54, 1.807) is 44.2 Å². The molecule has 0 bridgehead atoms. The van der Waals surface area contributed by atoms with Crippen molar-refractivity contribution in [1.82, 2.24) is 10.2 Å². The number of rotatable bonds is 3. The van der Waals surface area contributed by atoms with Crippen molar-refractivity contribution in [3.63, 3.8) is 0 Å². The molecule has 1 N–H and O–H groups in total. The first-order valence-corrected chi connectivity index (χ1v) is 6.88. The van der Waals surface area contributed by atoms with Crippen LogP contribution in [0.2, 0.25) is 5.02 Å². The Morgan fingerprint density at radius 1 is 1.18 bits per heavy atom. The van der Waals surface area contributed by atoms with Crippen molar-refractivity contribution in [2.24, 2.45) is 0 Å². The van der Waals surface area contributed by atoms with Gasteiger partial charge in [0.1, 0.15) is 11.5 Å². The second kappa shape index (κ2) is 5.65. The van der Waals surface area contributed by atoms with E-state index in [2.05, 4.69) is 15.5 Å². The van der Waals surface area contributed by atoms with E-state index in [1.807, 2.05) is 0 Å². The lowest BCUT2D eigenvalue weighted by Gasteiger charge is -1.98. The number of anilines is 1. The van der Waals surface area contributed by atoms with E-state index < -0.39 is 0 Å². The third-order valence-electron chi connectivity index (χ3n) is 3.00. The van der Waals surface area contributed by atoms with E-state index in [1.165, 1.54) is 0 Å². The quantitative estimate of drug-likeness (QED) is 0.793. The lowest BCUT2D eigenvalue weighted by molar-refractivity contribution is 0.102. The van der Waals surface area contributed by atoms with Crippen LogP contribution in [0, 0.1) is 13.8 Å². The number of hydrogen-bond acceptors (Lipinski definition) is 5. The number of carbonyl (C=O) groups excluding carboxylic acids is 1. The molecule has 0 aliphatic rings. The number of furan rings is 1. The van der Waals surface area contributed by atoms with Crippen molar-refractivity contribution >= 4 is 23.5 Å². The van der Waals surface area contributed by atoms with Crippen LogP contribution in [-0.2, 0) is 0 Å². The lowest BCUT2D eigenvalue weighted by atomic mass is 10.2. The molecular formula is C15H12ClN3O3. The van der Waals surface area contributed by atoms with Gasteiger partial charge in [0.25, 0.3) is 5.91 Å². The SMILES string of the molecule is Cc1cc(C(=O)Nc2nnc(-c3cccc(Cl)c3)o2)c(C)o1. The van der Waals surface area contributed by atoms with Gasteiger partial charge in [-0.1, -0.05) is 22.8 Å². The van der Waals surface area contributed by atoms with Gasteiger partial charge in [0.15, 0.2) is 0 Å². The molecule has 0 saturated carbocycles. The highest BCUT2D eigenvalue weighted by Gasteiger charge is 2.17. The first-order chi connectivity index (χ1) is 10.5. The maximum atomic E-state index is 12.1. The number of aryl methyl sites for hydroxylation is 2. The predicted octanol–water partition coefficient (Wildman–Crippen LogP) is 3.85. The summed E-state index contributed by atoms with van der Waals surface area (Å²) in [4.78, 5) is 12.1. The van der Waals surface area contributed by atoms with Gasteiger partial charge in [0.2, 0.25) is 5.89 Å². The Hall–Kier alpha value is -2.60. The molecule has 0 saturated heterocycles. The second-order valence-electron chi connectivity index (χ2n) is 4.70. The minimum absolute atomic E-state index is 0.0122. The van der Waals surface area contributed by atoms with Crippen molar-refractivity contribution in [1.29, 1.82) is 0 Å². The van der Waals surface area contributed by atoms with Gasteiger partial charge in [0, 0.05) is 10.6 Å². The van der Waals surface area contributed by atoms with Gasteiger partial charge in [-0.05, 0) is 38.1 Å². The van der Waals surface area contributed by atoms with Crippen LogP contribution in [0.4, 0.5) is 6.01 Å². The molecule has 0 atom stereocenters. The molecule has 112 valence electrons. The number of carbonyl (C=O) groups is 1. The van der Waals surface area contributed by atoms with E-state index >= 15 is 0 Å². The van der Waals surface area contributed by atoms with E-state index in [-0.39, 0.29) is 17.8 Å². The van der Waals surface area contributed by atoms with Crippen LogP contribution in [0.3, 0.4) is 0 Å². The Morgan fingerprint density at radius 3 is 2.68 bits per heavy atom. The Balaban J connectivity index is 1.80. The molecule has 1 aromatic carbocycles. The molecule has 0 radical (unpaired) electrons. The molecule has 3 aromatic rings. The van der Waals surface area contributed by atoms with Gasteiger partial charge in [-0.25, -0.2) is 0 Å². The fraction of sp³-hybridized carbons (Fsp3) is 0.133. The molecule has 0 unspecified atom stereocenters. The van der Waals surface area contributed by atoms with Crippen LogP contribution >= 0.6 is 11.6 Å². The van der Waals surface area contributed by atoms with Gasteiger partial charge >= 0.3 is 6.01 Å². The average molecular weight is 318 g/mol. The van der Waals surface area contributed by atoms with Gasteiger partial charge in [0.05, 0.1) is 5.56 Å². The van der Waals surface area contributed by atoms with Crippen LogP contribution in [-0.4, -0.2) is 16.1 Å². The van der Waals surface area contributed by atoms with E-state index in [0.29, 0.717) is 27.7 Å². The summed E-state index contributed by atoms with van der Waals surface area (Å²) in [7, 11) is 0. The smallest absolute Gasteiger partial charge is 0.322 e. The lowest BCUT2D eigenvalue weighted by Crippen LogP contribution is -2.12. The summed E-state index contributed by atoms with van der Waals surface area (Å²) in [6, 6.07) is 8.67. The van der Waals surface area contributed by atoms with Crippen molar-refractivity contribution in [2.45, 2.75) is 13.8 Å². The molecule has 22 heavy (non-hydrogen) atoms. The minimum atomic E-state index is -0.365. The normalized spacial score (nSPS) is 10.7. The third-order valence-corrected chi connectivity index (χ3v) is 3.24. The Morgan fingerprint density at radius 2 is 2.00 bits per heavy atom. The monoisotopic (exact) mass is 317 g/mol. The molecule has 0 aliphatic heterocycles. The molecule has 0 aliphatic carbocycles. The van der Waals surface area contributed by atoms with Crippen LogP contribution in [0.15, 0.2) is 39.2 Å². The summed E-state index contributed by atoms with van der Waals surface area (Å²) in [6.07, 6.45) is 0. The van der Waals surface area contributed by atoms with E-state index in [9.17, 15) is 4.79 Å². The number of halogens is 1. The molecule has 6 nitrogen and oxygen atoms in total. The van der Waals surface area contributed by atoms with Crippen LogP contribution in [0.25, 0.3) is 11.5 Å². The minimum Gasteiger partial charge on any atom is -0.466 e. The molecule has 7 heteroatoms. The zero-order valence-electron chi connectivity index (χ0n) is 11.9. The third kappa shape index (κ3) is 2.87. The molecule has 0 fully saturated rings. The number of benzene rings is 1. The predicted molar refractivity (Wildman–Crippen MR) is 80.9 cm³/mol. The largest absolute Gasteiger partial charge is 0.466 e. The number of nitrogens with zero attached hydrogens (tertiary/aromatic N) is 2. The maximum absolute atomic E-state index is 12.1. The Bertz CT molecular complexity index is 838. The Labute approximate surface area is 131 Å². The van der Waals surface area contributed by atoms with Crippen LogP contribution in [0.5, 0.6) is 0 Å².